The number of hydrogen-bond donors (Lipinski definition) is 2. The third-order valence-electron chi connectivity index (χ3n) is 5.09. The van der Waals surface area contributed by atoms with Crippen LogP contribution in [-0.4, -0.2) is 45.6 Å². The second kappa shape index (κ2) is 8.86. The number of rotatable bonds is 6. The number of nitrogens with zero attached hydrogens (tertiary/aromatic N) is 3. The Labute approximate surface area is 172 Å². The molecule has 7 nitrogen and oxygen atoms in total. The summed E-state index contributed by atoms with van der Waals surface area (Å²) in [5, 5.41) is 9.73. The van der Waals surface area contributed by atoms with Gasteiger partial charge in [-0.2, -0.15) is 18.3 Å². The summed E-state index contributed by atoms with van der Waals surface area (Å²) in [7, 11) is 1.80. The Balaban J connectivity index is 1.64. The molecule has 2 heterocycles. The van der Waals surface area contributed by atoms with Crippen LogP contribution >= 0.6 is 0 Å². The number of benzene rings is 1. The van der Waals surface area contributed by atoms with Crippen LogP contribution < -0.4 is 10.6 Å². The molecule has 1 aliphatic rings. The van der Waals surface area contributed by atoms with E-state index in [0.717, 1.165) is 17.8 Å². The van der Waals surface area contributed by atoms with Gasteiger partial charge in [0.05, 0.1) is 30.3 Å². The number of alkyl halides is 3. The average Bonchev–Trinajstić information content (AvgIpc) is 3.00. The van der Waals surface area contributed by atoms with E-state index in [1.807, 2.05) is 13.0 Å². The first-order chi connectivity index (χ1) is 14.1. The second-order valence-corrected chi connectivity index (χ2v) is 7.36. The molecule has 1 aromatic heterocycles. The Bertz CT molecular complexity index is 906. The molecule has 0 aliphatic carbocycles. The second-order valence-electron chi connectivity index (χ2n) is 7.36. The maximum Gasteiger partial charge on any atom is 0.416 e. The van der Waals surface area contributed by atoms with E-state index in [4.69, 9.17) is 0 Å². The van der Waals surface area contributed by atoms with Gasteiger partial charge in [0.15, 0.2) is 0 Å². The van der Waals surface area contributed by atoms with Crippen LogP contribution in [0.3, 0.4) is 0 Å². The van der Waals surface area contributed by atoms with E-state index in [0.29, 0.717) is 24.3 Å². The summed E-state index contributed by atoms with van der Waals surface area (Å²) in [5.74, 6) is -0.633. The lowest BCUT2D eigenvalue weighted by atomic mass is 10.0. The lowest BCUT2D eigenvalue weighted by molar-refractivity contribution is -0.137. The summed E-state index contributed by atoms with van der Waals surface area (Å²) in [5.41, 5.74) is 1.37. The van der Waals surface area contributed by atoms with Crippen LogP contribution in [-0.2, 0) is 35.9 Å². The van der Waals surface area contributed by atoms with Gasteiger partial charge in [-0.15, -0.1) is 0 Å². The molecule has 0 spiro atoms. The number of piperazine rings is 1. The molecule has 2 N–H and O–H groups in total. The van der Waals surface area contributed by atoms with Gasteiger partial charge in [-0.25, -0.2) is 0 Å². The minimum absolute atomic E-state index is 0.0867. The Morgan fingerprint density at radius 1 is 1.33 bits per heavy atom. The van der Waals surface area contributed by atoms with Gasteiger partial charge in [-0.1, -0.05) is 18.2 Å². The largest absolute Gasteiger partial charge is 0.416 e. The standard InChI is InChI=1S/C20H24F3N5O2/c1-13-8-16(26-27(13)2)11-25-18(29)10-17-19(30)24-6-7-28(17)12-14-4-3-5-15(9-14)20(21,22)23/h3-5,8-9,17H,6-7,10-12H2,1-2H3,(H,24,30)(H,25,29). The number of aromatic nitrogens is 2. The topological polar surface area (TPSA) is 79.3 Å². The van der Waals surface area contributed by atoms with E-state index in [1.165, 1.54) is 6.07 Å². The predicted molar refractivity (Wildman–Crippen MR) is 103 cm³/mol. The van der Waals surface area contributed by atoms with E-state index < -0.39 is 17.8 Å². The maximum absolute atomic E-state index is 13.0. The van der Waals surface area contributed by atoms with Crippen molar-refractivity contribution >= 4 is 11.8 Å². The van der Waals surface area contributed by atoms with E-state index in [9.17, 15) is 22.8 Å². The number of amides is 2. The van der Waals surface area contributed by atoms with Crippen molar-refractivity contribution in [2.45, 2.75) is 38.7 Å². The highest BCUT2D eigenvalue weighted by Gasteiger charge is 2.33. The van der Waals surface area contributed by atoms with Gasteiger partial charge in [0, 0.05) is 32.4 Å². The van der Waals surface area contributed by atoms with Gasteiger partial charge in [-0.05, 0) is 24.6 Å². The van der Waals surface area contributed by atoms with Crippen molar-refractivity contribution in [3.8, 4) is 0 Å². The van der Waals surface area contributed by atoms with Crippen molar-refractivity contribution in [3.05, 3.63) is 52.8 Å². The molecule has 1 unspecified atom stereocenters. The van der Waals surface area contributed by atoms with Crippen LogP contribution in [0, 0.1) is 6.92 Å². The normalized spacial score (nSPS) is 17.6. The van der Waals surface area contributed by atoms with Gasteiger partial charge in [0.1, 0.15) is 0 Å². The predicted octanol–water partition coefficient (Wildman–Crippen LogP) is 1.75. The third kappa shape index (κ3) is 5.38. The molecule has 0 bridgehead atoms. The molecular weight excluding hydrogens is 399 g/mol. The number of aryl methyl sites for hydroxylation is 2. The first-order valence-electron chi connectivity index (χ1n) is 9.57. The summed E-state index contributed by atoms with van der Waals surface area (Å²) < 4.78 is 40.6. The summed E-state index contributed by atoms with van der Waals surface area (Å²) in [4.78, 5) is 26.5. The quantitative estimate of drug-likeness (QED) is 0.742. The van der Waals surface area contributed by atoms with Crippen LogP contribution in [0.25, 0.3) is 0 Å². The SMILES string of the molecule is Cc1cc(CNC(=O)CC2C(=O)NCCN2Cc2cccc(C(F)(F)F)c2)nn1C. The van der Waals surface area contributed by atoms with E-state index in [2.05, 4.69) is 15.7 Å². The highest BCUT2D eigenvalue weighted by molar-refractivity contribution is 5.88. The zero-order valence-electron chi connectivity index (χ0n) is 16.8. The number of carbonyl (C=O) groups is 2. The van der Waals surface area contributed by atoms with Crippen LogP contribution in [0.2, 0.25) is 0 Å². The molecule has 30 heavy (non-hydrogen) atoms. The Morgan fingerprint density at radius 2 is 2.10 bits per heavy atom. The molecule has 2 amide bonds. The third-order valence-corrected chi connectivity index (χ3v) is 5.09. The number of halogens is 3. The molecule has 2 aromatic rings. The van der Waals surface area contributed by atoms with Gasteiger partial charge in [0.2, 0.25) is 11.8 Å². The highest BCUT2D eigenvalue weighted by atomic mass is 19.4. The maximum atomic E-state index is 13.0. The average molecular weight is 423 g/mol. The van der Waals surface area contributed by atoms with E-state index >= 15 is 0 Å². The van der Waals surface area contributed by atoms with Crippen LogP contribution in [0.5, 0.6) is 0 Å². The fraction of sp³-hybridized carbons (Fsp3) is 0.450. The van der Waals surface area contributed by atoms with Crippen LogP contribution in [0.1, 0.15) is 28.9 Å². The molecule has 0 saturated carbocycles. The lowest BCUT2D eigenvalue weighted by Crippen LogP contribution is -2.56. The Hall–Kier alpha value is -2.88. The van der Waals surface area contributed by atoms with E-state index in [1.54, 1.807) is 22.7 Å². The van der Waals surface area contributed by atoms with Gasteiger partial charge >= 0.3 is 6.18 Å². The van der Waals surface area contributed by atoms with Gasteiger partial charge < -0.3 is 10.6 Å². The van der Waals surface area contributed by atoms with Crippen LogP contribution in [0.15, 0.2) is 30.3 Å². The minimum atomic E-state index is -4.43. The molecule has 1 aliphatic heterocycles. The molecule has 1 aromatic carbocycles. The number of hydrogen-bond acceptors (Lipinski definition) is 4. The van der Waals surface area contributed by atoms with Crippen molar-refractivity contribution < 1.29 is 22.8 Å². The summed E-state index contributed by atoms with van der Waals surface area (Å²) in [6, 6.07) is 6.12. The van der Waals surface area contributed by atoms with Gasteiger partial charge in [0.25, 0.3) is 0 Å². The summed E-state index contributed by atoms with van der Waals surface area (Å²) >= 11 is 0. The Morgan fingerprint density at radius 3 is 2.77 bits per heavy atom. The highest BCUT2D eigenvalue weighted by Crippen LogP contribution is 2.30. The first kappa shape index (κ1) is 21.8. The van der Waals surface area contributed by atoms with Gasteiger partial charge in [-0.3, -0.25) is 19.2 Å². The van der Waals surface area contributed by atoms with Crippen molar-refractivity contribution in [3.63, 3.8) is 0 Å². The summed E-state index contributed by atoms with van der Waals surface area (Å²) in [6.07, 6.45) is -4.52. The monoisotopic (exact) mass is 423 g/mol. The fourth-order valence-corrected chi connectivity index (χ4v) is 3.41. The molecule has 1 saturated heterocycles. The minimum Gasteiger partial charge on any atom is -0.353 e. The zero-order valence-corrected chi connectivity index (χ0v) is 16.8. The lowest BCUT2D eigenvalue weighted by Gasteiger charge is -2.34. The molecule has 1 atom stereocenters. The fourth-order valence-electron chi connectivity index (χ4n) is 3.41. The molecule has 162 valence electrons. The smallest absolute Gasteiger partial charge is 0.353 e. The van der Waals surface area contributed by atoms with Crippen LogP contribution in [0.4, 0.5) is 13.2 Å². The first-order valence-corrected chi connectivity index (χ1v) is 9.57. The number of carbonyl (C=O) groups excluding carboxylic acids is 2. The van der Waals surface area contributed by atoms with E-state index in [-0.39, 0.29) is 31.3 Å². The van der Waals surface area contributed by atoms with Crippen molar-refractivity contribution in [1.82, 2.24) is 25.3 Å². The molecular formula is C20H24F3N5O2. The molecule has 0 radical (unpaired) electrons. The summed E-state index contributed by atoms with van der Waals surface area (Å²) in [6.45, 7) is 3.11. The Kier molecular flexibility index (Phi) is 6.45. The molecule has 1 fully saturated rings. The van der Waals surface area contributed by atoms with Crippen molar-refractivity contribution in [2.24, 2.45) is 7.05 Å². The number of nitrogens with one attached hydrogen (secondary N) is 2. The zero-order chi connectivity index (χ0) is 21.9. The van der Waals surface area contributed by atoms with Crippen molar-refractivity contribution in [1.29, 1.82) is 0 Å². The van der Waals surface area contributed by atoms with Crippen molar-refractivity contribution in [2.75, 3.05) is 13.1 Å². The molecule has 10 heteroatoms. The molecule has 3 rings (SSSR count).